The number of nitrogens with two attached hydrogens (primary N) is 1. The predicted molar refractivity (Wildman–Crippen MR) is 82.1 cm³/mol. The number of aromatic nitrogens is 1. The monoisotopic (exact) mass is 284 g/mol. The molecule has 0 aliphatic rings. The van der Waals surface area contributed by atoms with Gasteiger partial charge in [-0.3, -0.25) is 4.98 Å². The van der Waals surface area contributed by atoms with Gasteiger partial charge in [-0.25, -0.2) is 0 Å². The van der Waals surface area contributed by atoms with Crippen molar-refractivity contribution >= 4 is 12.1 Å². The molecule has 0 aliphatic carbocycles. The van der Waals surface area contributed by atoms with Gasteiger partial charge in [-0.2, -0.15) is 5.10 Å². The molecule has 1 heterocycles. The zero-order valence-electron chi connectivity index (χ0n) is 11.9. The molecule has 0 bridgehead atoms. The van der Waals surface area contributed by atoms with Crippen molar-refractivity contribution in [3.05, 3.63) is 53.9 Å². The van der Waals surface area contributed by atoms with E-state index >= 15 is 0 Å². The Kier molecular flexibility index (Phi) is 4.87. The van der Waals surface area contributed by atoms with Crippen molar-refractivity contribution in [2.75, 3.05) is 14.2 Å². The van der Waals surface area contributed by atoms with Crippen LogP contribution in [0.2, 0.25) is 0 Å². The fourth-order valence-corrected chi connectivity index (χ4v) is 1.63. The lowest BCUT2D eigenvalue weighted by atomic mass is 10.2. The fraction of sp³-hybridized carbons (Fsp3) is 0.133. The second-order valence-corrected chi connectivity index (χ2v) is 4.09. The Hall–Kier alpha value is -2.89. The first-order valence-electron chi connectivity index (χ1n) is 6.24. The minimum absolute atomic E-state index is 0.252. The van der Waals surface area contributed by atoms with Gasteiger partial charge in [0.2, 0.25) is 0 Å². The summed E-state index contributed by atoms with van der Waals surface area (Å²) >= 11 is 0. The van der Waals surface area contributed by atoms with Gasteiger partial charge >= 0.3 is 0 Å². The lowest BCUT2D eigenvalue weighted by molar-refractivity contribution is 0.394. The highest BCUT2D eigenvalue weighted by molar-refractivity contribution is 5.96. The van der Waals surface area contributed by atoms with Crippen LogP contribution in [0.3, 0.4) is 0 Å². The van der Waals surface area contributed by atoms with Gasteiger partial charge in [0.25, 0.3) is 0 Å². The van der Waals surface area contributed by atoms with Crippen LogP contribution in [0.15, 0.2) is 52.8 Å². The number of benzene rings is 1. The highest BCUT2D eigenvalue weighted by Crippen LogP contribution is 2.21. The van der Waals surface area contributed by atoms with E-state index in [9.17, 15) is 0 Å². The summed E-state index contributed by atoms with van der Waals surface area (Å²) in [7, 11) is 3.18. The van der Waals surface area contributed by atoms with Crippen molar-refractivity contribution < 1.29 is 9.47 Å². The van der Waals surface area contributed by atoms with Crippen LogP contribution in [-0.4, -0.2) is 31.3 Å². The van der Waals surface area contributed by atoms with Crippen LogP contribution in [0.4, 0.5) is 0 Å². The maximum Gasteiger partial charge on any atom is 0.171 e. The van der Waals surface area contributed by atoms with Gasteiger partial charge in [0.1, 0.15) is 17.2 Å². The molecule has 0 spiro atoms. The highest BCUT2D eigenvalue weighted by atomic mass is 16.5. The number of hydrogen-bond donors (Lipinski definition) is 1. The van der Waals surface area contributed by atoms with Gasteiger partial charge < -0.3 is 15.2 Å². The summed E-state index contributed by atoms with van der Waals surface area (Å²) in [5, 5.41) is 7.88. The minimum atomic E-state index is 0.252. The number of ether oxygens (including phenoxy) is 2. The summed E-state index contributed by atoms with van der Waals surface area (Å²) in [4.78, 5) is 4.09. The molecular formula is C15H16N4O2. The van der Waals surface area contributed by atoms with Gasteiger partial charge in [-0.15, -0.1) is 5.10 Å². The minimum Gasteiger partial charge on any atom is -0.497 e. The fourth-order valence-electron chi connectivity index (χ4n) is 1.63. The first-order chi connectivity index (χ1) is 10.2. The predicted octanol–water partition coefficient (Wildman–Crippen LogP) is 1.84. The molecule has 2 aromatic rings. The Morgan fingerprint density at radius 3 is 2.43 bits per heavy atom. The van der Waals surface area contributed by atoms with Crippen LogP contribution in [-0.2, 0) is 0 Å². The summed E-state index contributed by atoms with van der Waals surface area (Å²) in [6, 6.07) is 10.8. The Bertz CT molecular complexity index is 632. The first kappa shape index (κ1) is 14.5. The molecule has 0 aliphatic heterocycles. The maximum absolute atomic E-state index is 5.80. The van der Waals surface area contributed by atoms with Crippen molar-refractivity contribution in [2.24, 2.45) is 15.9 Å². The van der Waals surface area contributed by atoms with Gasteiger partial charge in [0, 0.05) is 17.8 Å². The average Bonchev–Trinajstić information content (AvgIpc) is 2.55. The number of amidine groups is 1. The number of nitrogens with zero attached hydrogens (tertiary/aromatic N) is 3. The van der Waals surface area contributed by atoms with Crippen molar-refractivity contribution in [3.63, 3.8) is 0 Å². The maximum atomic E-state index is 5.80. The quantitative estimate of drug-likeness (QED) is 0.516. The normalized spacial score (nSPS) is 11.6. The molecule has 1 aromatic carbocycles. The summed E-state index contributed by atoms with van der Waals surface area (Å²) in [5.41, 5.74) is 7.17. The zero-order valence-corrected chi connectivity index (χ0v) is 11.9. The smallest absolute Gasteiger partial charge is 0.171 e. The Balaban J connectivity index is 2.17. The molecule has 2 N–H and O–H groups in total. The van der Waals surface area contributed by atoms with E-state index in [4.69, 9.17) is 15.2 Å². The third-order valence-corrected chi connectivity index (χ3v) is 2.67. The number of pyridine rings is 1. The summed E-state index contributed by atoms with van der Waals surface area (Å²) in [6.07, 6.45) is 3.22. The SMILES string of the molecule is COc1cc(/C=N/N=C(\N)c2ccccn2)cc(OC)c1. The van der Waals surface area contributed by atoms with Crippen molar-refractivity contribution in [1.82, 2.24) is 4.98 Å². The number of rotatable bonds is 5. The van der Waals surface area contributed by atoms with E-state index < -0.39 is 0 Å². The molecule has 6 nitrogen and oxygen atoms in total. The Morgan fingerprint density at radius 2 is 1.86 bits per heavy atom. The molecule has 2 rings (SSSR count). The van der Waals surface area contributed by atoms with Crippen LogP contribution in [0.25, 0.3) is 0 Å². The number of methoxy groups -OCH3 is 2. The van der Waals surface area contributed by atoms with Crippen LogP contribution in [0.1, 0.15) is 11.3 Å². The van der Waals surface area contributed by atoms with E-state index in [1.807, 2.05) is 24.3 Å². The third-order valence-electron chi connectivity index (χ3n) is 2.67. The van der Waals surface area contributed by atoms with Crippen molar-refractivity contribution in [3.8, 4) is 11.5 Å². The summed E-state index contributed by atoms with van der Waals surface area (Å²) < 4.78 is 10.4. The van der Waals surface area contributed by atoms with Gasteiger partial charge in [0.05, 0.1) is 20.4 Å². The van der Waals surface area contributed by atoms with Crippen LogP contribution in [0.5, 0.6) is 11.5 Å². The molecule has 0 fully saturated rings. The standard InChI is InChI=1S/C15H16N4O2/c1-20-12-7-11(8-13(9-12)21-2)10-18-19-15(16)14-5-3-4-6-17-14/h3-10H,1-2H3,(H2,16,19)/b18-10+. The topological polar surface area (TPSA) is 82.1 Å². The van der Waals surface area contributed by atoms with Crippen LogP contribution in [0, 0.1) is 0 Å². The van der Waals surface area contributed by atoms with E-state index in [0.29, 0.717) is 17.2 Å². The van der Waals surface area contributed by atoms with E-state index in [2.05, 4.69) is 15.2 Å². The molecule has 0 atom stereocenters. The lowest BCUT2D eigenvalue weighted by Crippen LogP contribution is -2.14. The molecule has 0 saturated heterocycles. The lowest BCUT2D eigenvalue weighted by Gasteiger charge is -2.05. The Morgan fingerprint density at radius 1 is 1.14 bits per heavy atom. The first-order valence-corrected chi connectivity index (χ1v) is 6.24. The molecule has 6 heteroatoms. The molecule has 0 unspecified atom stereocenters. The van der Waals surface area contributed by atoms with Gasteiger partial charge in [0.15, 0.2) is 5.84 Å². The van der Waals surface area contributed by atoms with E-state index in [-0.39, 0.29) is 5.84 Å². The van der Waals surface area contributed by atoms with E-state index in [1.54, 1.807) is 38.8 Å². The second-order valence-electron chi connectivity index (χ2n) is 4.09. The Labute approximate surface area is 122 Å². The van der Waals surface area contributed by atoms with Crippen LogP contribution < -0.4 is 15.2 Å². The molecule has 21 heavy (non-hydrogen) atoms. The second kappa shape index (κ2) is 7.04. The van der Waals surface area contributed by atoms with Crippen LogP contribution >= 0.6 is 0 Å². The zero-order chi connectivity index (χ0) is 15.1. The van der Waals surface area contributed by atoms with Gasteiger partial charge in [-0.05, 0) is 24.3 Å². The van der Waals surface area contributed by atoms with Crippen molar-refractivity contribution in [2.45, 2.75) is 0 Å². The largest absolute Gasteiger partial charge is 0.497 e. The molecule has 0 saturated carbocycles. The van der Waals surface area contributed by atoms with E-state index in [0.717, 1.165) is 5.56 Å². The van der Waals surface area contributed by atoms with Gasteiger partial charge in [-0.1, -0.05) is 6.07 Å². The summed E-state index contributed by atoms with van der Waals surface area (Å²) in [6.45, 7) is 0. The molecular weight excluding hydrogens is 268 g/mol. The summed E-state index contributed by atoms with van der Waals surface area (Å²) in [5.74, 6) is 1.61. The molecule has 108 valence electrons. The highest BCUT2D eigenvalue weighted by Gasteiger charge is 2.00. The third kappa shape index (κ3) is 4.04. The molecule has 0 radical (unpaired) electrons. The molecule has 0 amide bonds. The van der Waals surface area contributed by atoms with Crippen molar-refractivity contribution in [1.29, 1.82) is 0 Å². The molecule has 1 aromatic heterocycles. The average molecular weight is 284 g/mol. The number of hydrogen-bond acceptors (Lipinski definition) is 5. The van der Waals surface area contributed by atoms with E-state index in [1.165, 1.54) is 0 Å².